The first-order chi connectivity index (χ1) is 19.4. The van der Waals surface area contributed by atoms with Crippen molar-refractivity contribution in [3.8, 4) is 0 Å². The van der Waals surface area contributed by atoms with Crippen molar-refractivity contribution in [1.82, 2.24) is 20.2 Å². The molecule has 41 heavy (non-hydrogen) atoms. The van der Waals surface area contributed by atoms with Gasteiger partial charge in [-0.2, -0.15) is 4.98 Å². The Morgan fingerprint density at radius 1 is 1.12 bits per heavy atom. The molecule has 11 heteroatoms. The zero-order chi connectivity index (χ0) is 29.7. The topological polar surface area (TPSA) is 94.2 Å². The third-order valence-electron chi connectivity index (χ3n) is 6.84. The van der Waals surface area contributed by atoms with Gasteiger partial charge in [-0.05, 0) is 109 Å². The van der Waals surface area contributed by atoms with Crippen molar-refractivity contribution in [2.24, 2.45) is 0 Å². The molecule has 0 spiro atoms. The van der Waals surface area contributed by atoms with E-state index < -0.39 is 11.7 Å². The van der Waals surface area contributed by atoms with Crippen molar-refractivity contribution < 1.29 is 9.18 Å². The van der Waals surface area contributed by atoms with Crippen LogP contribution < -0.4 is 20.7 Å². The van der Waals surface area contributed by atoms with Crippen LogP contribution in [0.5, 0.6) is 0 Å². The van der Waals surface area contributed by atoms with Gasteiger partial charge in [-0.15, -0.1) is 0 Å². The van der Waals surface area contributed by atoms with Gasteiger partial charge in [0.05, 0.1) is 16.3 Å². The van der Waals surface area contributed by atoms with E-state index in [0.29, 0.717) is 22.5 Å². The molecule has 0 aliphatic carbocycles. The maximum Gasteiger partial charge on any atom is 0.254 e. The molecule has 2 heterocycles. The predicted molar refractivity (Wildman–Crippen MR) is 172 cm³/mol. The molecule has 1 aromatic heterocycles. The predicted octanol–water partition coefficient (Wildman–Crippen LogP) is 7.11. The standard InChI is InChI=1S/C30H39ClFN7OS/c1-7-41(30(3,4)5)38-26-17-22(9-11-24(26)31)34-27-19(2)18-33-29(37-27)36-21-8-10-23(25(32)16-21)28(40)35-20-12-14-39(6)15-13-20/h7-11,16-18,20,38H,12-15H2,1-6H3,(H,35,40)(H2,33,34,36,37). The van der Waals surface area contributed by atoms with Gasteiger partial charge in [0.1, 0.15) is 11.6 Å². The monoisotopic (exact) mass is 599 g/mol. The minimum atomic E-state index is -0.606. The number of anilines is 5. The number of carbonyl (C=O) groups is 1. The number of amides is 1. The maximum atomic E-state index is 14.9. The number of aromatic nitrogens is 2. The zero-order valence-corrected chi connectivity index (χ0v) is 26.0. The Morgan fingerprint density at radius 2 is 1.80 bits per heavy atom. The van der Waals surface area contributed by atoms with Crippen molar-refractivity contribution >= 4 is 62.4 Å². The number of benzene rings is 2. The van der Waals surface area contributed by atoms with Crippen molar-refractivity contribution in [3.05, 3.63) is 64.6 Å². The first-order valence-corrected chi connectivity index (χ1v) is 15.3. The number of halogens is 2. The lowest BCUT2D eigenvalue weighted by molar-refractivity contribution is 0.0913. The van der Waals surface area contributed by atoms with Crippen LogP contribution in [0.1, 0.15) is 56.5 Å². The first kappa shape index (κ1) is 30.7. The Balaban J connectivity index is 1.46. The highest BCUT2D eigenvalue weighted by Crippen LogP contribution is 2.36. The second kappa shape index (κ2) is 13.2. The minimum absolute atomic E-state index is 0.0174. The molecule has 1 unspecified atom stereocenters. The van der Waals surface area contributed by atoms with E-state index in [1.807, 2.05) is 32.0 Å². The van der Waals surface area contributed by atoms with Crippen LogP contribution in [0.2, 0.25) is 5.02 Å². The first-order valence-electron chi connectivity index (χ1n) is 13.7. The lowest BCUT2D eigenvalue weighted by Crippen LogP contribution is -2.43. The molecule has 4 rings (SSSR count). The molecule has 220 valence electrons. The van der Waals surface area contributed by atoms with E-state index in [9.17, 15) is 9.18 Å². The number of carbonyl (C=O) groups excluding carboxylic acids is 1. The van der Waals surface area contributed by atoms with Gasteiger partial charge in [0.15, 0.2) is 0 Å². The summed E-state index contributed by atoms with van der Waals surface area (Å²) in [5.74, 6) is -0.110. The maximum absolute atomic E-state index is 14.9. The van der Waals surface area contributed by atoms with E-state index >= 15 is 0 Å². The number of aryl methyl sites for hydroxylation is 1. The van der Waals surface area contributed by atoms with Crippen molar-refractivity contribution in [2.45, 2.75) is 58.2 Å². The third-order valence-corrected chi connectivity index (χ3v) is 9.40. The van der Waals surface area contributed by atoms with Crippen LogP contribution in [0, 0.1) is 12.7 Å². The summed E-state index contributed by atoms with van der Waals surface area (Å²) in [5.41, 5.74) is 2.93. The number of hydrogen-bond acceptors (Lipinski definition) is 7. The van der Waals surface area contributed by atoms with Gasteiger partial charge in [-0.25, -0.2) is 9.37 Å². The normalized spacial score (nSPS) is 15.4. The van der Waals surface area contributed by atoms with Gasteiger partial charge in [0.25, 0.3) is 5.91 Å². The zero-order valence-electron chi connectivity index (χ0n) is 24.4. The summed E-state index contributed by atoms with van der Waals surface area (Å²) in [4.78, 5) is 23.9. The highest BCUT2D eigenvalue weighted by molar-refractivity contribution is 8.17. The molecule has 1 aliphatic rings. The van der Waals surface area contributed by atoms with Gasteiger partial charge in [0, 0.05) is 33.9 Å². The Kier molecular flexibility index (Phi) is 9.88. The molecule has 1 saturated heterocycles. The molecule has 1 amide bonds. The number of likely N-dealkylation sites (tertiary alicyclic amines) is 1. The van der Waals surface area contributed by atoms with Crippen LogP contribution in [-0.2, 0) is 0 Å². The Hall–Kier alpha value is -3.21. The fourth-order valence-electron chi connectivity index (χ4n) is 4.45. The smallest absolute Gasteiger partial charge is 0.254 e. The van der Waals surface area contributed by atoms with Gasteiger partial charge in [-0.1, -0.05) is 22.3 Å². The lowest BCUT2D eigenvalue weighted by Gasteiger charge is -2.29. The summed E-state index contributed by atoms with van der Waals surface area (Å²) in [7, 11) is 1.87. The summed E-state index contributed by atoms with van der Waals surface area (Å²) >= 11 is 6.50. The van der Waals surface area contributed by atoms with Gasteiger partial charge >= 0.3 is 0 Å². The van der Waals surface area contributed by atoms with E-state index in [0.717, 1.165) is 42.9 Å². The molecular weight excluding hydrogens is 561 g/mol. The summed E-state index contributed by atoms with van der Waals surface area (Å²) < 4.78 is 18.5. The van der Waals surface area contributed by atoms with Gasteiger partial charge < -0.3 is 25.6 Å². The number of nitrogens with one attached hydrogen (secondary N) is 4. The second-order valence-corrected chi connectivity index (χ2v) is 14.2. The molecule has 1 atom stereocenters. The quantitative estimate of drug-likeness (QED) is 0.205. The number of hydrogen-bond donors (Lipinski definition) is 4. The Bertz CT molecular complexity index is 1430. The van der Waals surface area contributed by atoms with Gasteiger partial charge in [0.2, 0.25) is 5.95 Å². The minimum Gasteiger partial charge on any atom is -0.349 e. The van der Waals surface area contributed by atoms with E-state index in [2.05, 4.69) is 68.7 Å². The average molecular weight is 600 g/mol. The molecule has 0 saturated carbocycles. The second-order valence-electron chi connectivity index (χ2n) is 11.2. The molecule has 1 fully saturated rings. The number of piperidine rings is 1. The van der Waals surface area contributed by atoms with Gasteiger partial charge in [-0.3, -0.25) is 4.79 Å². The van der Waals surface area contributed by atoms with Crippen LogP contribution in [0.3, 0.4) is 0 Å². The van der Waals surface area contributed by atoms with E-state index in [1.54, 1.807) is 12.3 Å². The summed E-state index contributed by atoms with van der Waals surface area (Å²) in [6.45, 7) is 12.3. The molecule has 0 radical (unpaired) electrons. The molecule has 4 N–H and O–H groups in total. The van der Waals surface area contributed by atoms with Crippen molar-refractivity contribution in [1.29, 1.82) is 0 Å². The molecule has 2 aromatic carbocycles. The lowest BCUT2D eigenvalue weighted by atomic mass is 10.0. The van der Waals surface area contributed by atoms with Crippen LogP contribution in [0.15, 0.2) is 42.6 Å². The van der Waals surface area contributed by atoms with Crippen LogP contribution in [0.25, 0.3) is 0 Å². The van der Waals surface area contributed by atoms with Crippen molar-refractivity contribution in [3.63, 3.8) is 0 Å². The highest BCUT2D eigenvalue weighted by Gasteiger charge is 2.21. The van der Waals surface area contributed by atoms with Crippen LogP contribution >= 0.6 is 22.3 Å². The summed E-state index contributed by atoms with van der Waals surface area (Å²) in [6.07, 6.45) is 3.40. The Morgan fingerprint density at radius 3 is 2.46 bits per heavy atom. The number of rotatable bonds is 8. The fraction of sp³-hybridized carbons (Fsp3) is 0.400. The Labute approximate surface area is 249 Å². The number of nitrogens with zero attached hydrogens (tertiary/aromatic N) is 3. The van der Waals surface area contributed by atoms with Crippen LogP contribution in [-0.4, -0.2) is 57.1 Å². The van der Waals surface area contributed by atoms with Crippen LogP contribution in [0.4, 0.5) is 33.2 Å². The summed E-state index contributed by atoms with van der Waals surface area (Å²) in [6, 6.07) is 10.2. The van der Waals surface area contributed by atoms with E-state index in [1.165, 1.54) is 12.1 Å². The van der Waals surface area contributed by atoms with Crippen molar-refractivity contribution in [2.75, 3.05) is 35.5 Å². The molecule has 0 bridgehead atoms. The largest absolute Gasteiger partial charge is 0.349 e. The molecule has 8 nitrogen and oxygen atoms in total. The SMILES string of the molecule is CC=S(Nc1cc(Nc2nc(Nc3ccc(C(=O)NC4CCN(C)CC4)c(F)c3)ncc2C)ccc1Cl)C(C)(C)C. The average Bonchev–Trinajstić information content (AvgIpc) is 2.91. The fourth-order valence-corrected chi connectivity index (χ4v) is 6.21. The van der Waals surface area contributed by atoms with E-state index in [-0.39, 0.29) is 27.0 Å². The highest BCUT2D eigenvalue weighted by atomic mass is 35.5. The van der Waals surface area contributed by atoms with E-state index in [4.69, 9.17) is 11.6 Å². The molecular formula is C30H39ClFN7OS. The molecule has 3 aromatic rings. The summed E-state index contributed by atoms with van der Waals surface area (Å²) in [5, 5.41) is 12.1. The third kappa shape index (κ3) is 8.18. The molecule has 1 aliphatic heterocycles.